The molecular formula is C57H67N8O8P. The van der Waals surface area contributed by atoms with Crippen LogP contribution in [0.15, 0.2) is 146 Å². The molecule has 74 heavy (non-hydrogen) atoms. The molecule has 7 aromatic rings. The summed E-state index contributed by atoms with van der Waals surface area (Å²) < 4.78 is 48.7. The van der Waals surface area contributed by atoms with Gasteiger partial charge in [0.2, 0.25) is 5.95 Å². The van der Waals surface area contributed by atoms with Gasteiger partial charge in [-0.1, -0.05) is 105 Å². The number of nitrogens with zero attached hydrogens (tertiary/aromatic N) is 7. The van der Waals surface area contributed by atoms with Gasteiger partial charge in [0.25, 0.3) is 14.4 Å². The van der Waals surface area contributed by atoms with Crippen LogP contribution in [-0.2, 0) is 30.7 Å². The van der Waals surface area contributed by atoms with Gasteiger partial charge in [0, 0.05) is 25.2 Å². The fourth-order valence-electron chi connectivity index (χ4n) is 8.38. The third-order valence-electron chi connectivity index (χ3n) is 11.9. The molecule has 0 saturated carbocycles. The first-order valence-corrected chi connectivity index (χ1v) is 26.0. The molecule has 2 atom stereocenters. The van der Waals surface area contributed by atoms with Crippen LogP contribution in [-0.4, -0.2) is 95.7 Å². The summed E-state index contributed by atoms with van der Waals surface area (Å²) in [4.78, 5) is 30.0. The van der Waals surface area contributed by atoms with Crippen LogP contribution in [0.3, 0.4) is 0 Å². The molecule has 0 saturated heterocycles. The highest BCUT2D eigenvalue weighted by molar-refractivity contribution is 7.44. The van der Waals surface area contributed by atoms with Gasteiger partial charge in [-0.3, -0.25) is 0 Å². The smallest absolute Gasteiger partial charge is 0.425 e. The molecule has 5 aromatic carbocycles. The van der Waals surface area contributed by atoms with E-state index in [4.69, 9.17) is 42.7 Å². The number of nitriles is 1. The number of aromatic nitrogens is 4. The SMILES string of the molecule is COc1ccc(C(OC[C@H](COP(OCCC#N)N(C(C)C)C(C)C)OCCn2cnc3c(OC(=O)N(c4ccccc4)c4ccccc4)nc(NCC(C)C)nc32)(c2ccccc2)c2ccc(OC)cc2)cc1. The number of amides is 1. The number of nitrogens with one attached hydrogen (secondary N) is 1. The Bertz CT molecular complexity index is 2760. The molecule has 1 N–H and O–H groups in total. The predicted molar refractivity (Wildman–Crippen MR) is 289 cm³/mol. The zero-order chi connectivity index (χ0) is 52.5. The Morgan fingerprint density at radius 2 is 1.27 bits per heavy atom. The maximum absolute atomic E-state index is 14.3. The number of anilines is 3. The second kappa shape index (κ2) is 26.8. The number of hydrogen-bond acceptors (Lipinski definition) is 14. The van der Waals surface area contributed by atoms with Crippen molar-refractivity contribution >= 4 is 43.1 Å². The first-order valence-electron chi connectivity index (χ1n) is 24.9. The van der Waals surface area contributed by atoms with Gasteiger partial charge in [-0.05, 0) is 98.8 Å². The maximum Gasteiger partial charge on any atom is 0.425 e. The van der Waals surface area contributed by atoms with Crippen LogP contribution in [0.1, 0.15) is 64.7 Å². The zero-order valence-corrected chi connectivity index (χ0v) is 44.4. The van der Waals surface area contributed by atoms with Gasteiger partial charge in [-0.25, -0.2) is 19.3 Å². The number of carbonyl (C=O) groups excluding carboxylic acids is 1. The van der Waals surface area contributed by atoms with Crippen molar-refractivity contribution in [2.24, 2.45) is 5.92 Å². The lowest BCUT2D eigenvalue weighted by Crippen LogP contribution is -2.38. The maximum atomic E-state index is 14.3. The number of carbonyl (C=O) groups is 1. The van der Waals surface area contributed by atoms with Gasteiger partial charge >= 0.3 is 6.09 Å². The minimum atomic E-state index is -1.63. The van der Waals surface area contributed by atoms with E-state index >= 15 is 0 Å². The van der Waals surface area contributed by atoms with Crippen molar-refractivity contribution in [2.45, 2.75) is 78.3 Å². The van der Waals surface area contributed by atoms with E-state index in [0.717, 1.165) is 16.7 Å². The summed E-state index contributed by atoms with van der Waals surface area (Å²) in [5.41, 5.74) is 3.45. The molecule has 0 aliphatic heterocycles. The molecule has 1 unspecified atom stereocenters. The molecular weight excluding hydrogens is 956 g/mol. The number of fused-ring (bicyclic) bond motifs is 1. The van der Waals surface area contributed by atoms with Gasteiger partial charge in [-0.2, -0.15) is 15.2 Å². The molecule has 16 nitrogen and oxygen atoms in total. The largest absolute Gasteiger partial charge is 0.497 e. The van der Waals surface area contributed by atoms with E-state index in [0.29, 0.717) is 47.1 Å². The number of rotatable bonds is 27. The highest BCUT2D eigenvalue weighted by Gasteiger charge is 2.39. The summed E-state index contributed by atoms with van der Waals surface area (Å²) in [5, 5.41) is 12.7. The molecule has 0 bridgehead atoms. The number of ether oxygens (including phenoxy) is 5. The lowest BCUT2D eigenvalue weighted by molar-refractivity contribution is -0.0799. The first-order chi connectivity index (χ1) is 35.9. The van der Waals surface area contributed by atoms with Crippen LogP contribution in [0.5, 0.6) is 17.4 Å². The summed E-state index contributed by atoms with van der Waals surface area (Å²) in [5.74, 6) is 1.96. The van der Waals surface area contributed by atoms with Crippen molar-refractivity contribution in [1.82, 2.24) is 24.2 Å². The van der Waals surface area contributed by atoms with Gasteiger partial charge in [-0.15, -0.1) is 0 Å². The fraction of sp³-hybridized carbons (Fsp3) is 0.351. The van der Waals surface area contributed by atoms with E-state index in [2.05, 4.69) is 74.7 Å². The standard InChI is InChI=1S/C57H67N8O8P/c1-41(2)37-59-55-61-53-52(54(62-55)73-56(66)64(47-21-14-10-15-22-47)48-23-16-11-17-24-48)60-40-63(53)34-36-69-51(39-72-74(71-35-18-33-58)65(42(3)4)43(5)6)38-70-57(44-19-12-9-13-20-44,45-25-29-49(67-7)30-26-45)46-27-31-50(68-8)32-28-46/h9-17,19-32,40-43,51H,18,34-39H2,1-8H3,(H,59,61,62)/t51-,74?/m1/s1. The Labute approximate surface area is 436 Å². The third kappa shape index (κ3) is 13.8. The molecule has 2 aromatic heterocycles. The average molecular weight is 1020 g/mol. The Hall–Kier alpha value is -6.96. The molecule has 0 aliphatic rings. The predicted octanol–water partition coefficient (Wildman–Crippen LogP) is 11.9. The molecule has 388 valence electrons. The van der Waals surface area contributed by atoms with E-state index in [1.807, 2.05) is 132 Å². The van der Waals surface area contributed by atoms with Crippen LogP contribution >= 0.6 is 8.53 Å². The van der Waals surface area contributed by atoms with Crippen molar-refractivity contribution in [3.8, 4) is 23.4 Å². The lowest BCUT2D eigenvalue weighted by atomic mass is 9.80. The number of methoxy groups -OCH3 is 2. The van der Waals surface area contributed by atoms with Crippen LogP contribution in [0.25, 0.3) is 11.2 Å². The first kappa shape index (κ1) is 54.8. The van der Waals surface area contributed by atoms with Crippen molar-refractivity contribution in [3.63, 3.8) is 0 Å². The van der Waals surface area contributed by atoms with Crippen molar-refractivity contribution < 1.29 is 37.5 Å². The molecule has 0 radical (unpaired) electrons. The topological polar surface area (TPSA) is 168 Å². The summed E-state index contributed by atoms with van der Waals surface area (Å²) in [6, 6.07) is 46.7. The van der Waals surface area contributed by atoms with Crippen molar-refractivity contribution in [2.75, 3.05) is 57.4 Å². The molecule has 0 aliphatic carbocycles. The average Bonchev–Trinajstić information content (AvgIpc) is 3.83. The fourth-order valence-corrected chi connectivity index (χ4v) is 10.0. The van der Waals surface area contributed by atoms with Crippen LogP contribution in [0.4, 0.5) is 22.1 Å². The quantitative estimate of drug-likeness (QED) is 0.0293. The van der Waals surface area contributed by atoms with Gasteiger partial charge in [0.15, 0.2) is 11.2 Å². The van der Waals surface area contributed by atoms with Crippen molar-refractivity contribution in [3.05, 3.63) is 163 Å². The summed E-state index contributed by atoms with van der Waals surface area (Å²) >= 11 is 0. The Morgan fingerprint density at radius 3 is 1.80 bits per heavy atom. The Balaban J connectivity index is 1.23. The van der Waals surface area contributed by atoms with Crippen LogP contribution < -0.4 is 24.4 Å². The van der Waals surface area contributed by atoms with Crippen molar-refractivity contribution in [1.29, 1.82) is 5.26 Å². The van der Waals surface area contributed by atoms with Gasteiger partial charge in [0.05, 0.1) is 70.8 Å². The summed E-state index contributed by atoms with van der Waals surface area (Å²) in [6.45, 7) is 13.9. The Morgan fingerprint density at radius 1 is 0.716 bits per heavy atom. The normalized spacial score (nSPS) is 12.5. The number of hydrogen-bond donors (Lipinski definition) is 1. The van der Waals surface area contributed by atoms with E-state index in [9.17, 15) is 10.1 Å². The summed E-state index contributed by atoms with van der Waals surface area (Å²) in [7, 11) is 1.66. The minimum Gasteiger partial charge on any atom is -0.497 e. The van der Waals surface area contributed by atoms with E-state index in [1.165, 1.54) is 4.90 Å². The number of benzene rings is 5. The zero-order valence-electron chi connectivity index (χ0n) is 43.5. The second-order valence-electron chi connectivity index (χ2n) is 18.3. The molecule has 17 heteroatoms. The Kier molecular flexibility index (Phi) is 19.9. The molecule has 0 fully saturated rings. The lowest BCUT2D eigenvalue weighted by Gasteiger charge is -2.38. The molecule has 1 amide bonds. The van der Waals surface area contributed by atoms with E-state index in [1.54, 1.807) is 20.5 Å². The molecule has 0 spiro atoms. The van der Waals surface area contributed by atoms with Crippen LogP contribution in [0, 0.1) is 17.2 Å². The second-order valence-corrected chi connectivity index (χ2v) is 19.7. The summed E-state index contributed by atoms with van der Waals surface area (Å²) in [6.07, 6.45) is 0.527. The van der Waals surface area contributed by atoms with Gasteiger partial charge < -0.3 is 42.6 Å². The molecule has 7 rings (SSSR count). The third-order valence-corrected chi connectivity index (χ3v) is 13.9. The van der Waals surface area contributed by atoms with E-state index < -0.39 is 26.3 Å². The highest BCUT2D eigenvalue weighted by Crippen LogP contribution is 2.47. The monoisotopic (exact) mass is 1020 g/mol. The number of imidazole rings is 1. The molecule has 2 heterocycles. The van der Waals surface area contributed by atoms with E-state index in [-0.39, 0.29) is 62.7 Å². The van der Waals surface area contributed by atoms with Crippen LogP contribution in [0.2, 0.25) is 0 Å². The van der Waals surface area contributed by atoms with Gasteiger partial charge in [0.1, 0.15) is 23.2 Å². The highest BCUT2D eigenvalue weighted by atomic mass is 31.2. The minimum absolute atomic E-state index is 0.00129. The number of para-hydroxylation sites is 2.